The number of carbonyl (C=O) groups excluding carboxylic acids is 2. The molecule has 0 fully saturated rings. The fourth-order valence-electron chi connectivity index (χ4n) is 1.65. The summed E-state index contributed by atoms with van der Waals surface area (Å²) in [6.45, 7) is 1.90. The first-order valence-electron chi connectivity index (χ1n) is 6.59. The van der Waals surface area contributed by atoms with Crippen LogP contribution in [-0.4, -0.2) is 18.4 Å². The van der Waals surface area contributed by atoms with Gasteiger partial charge in [0, 0.05) is 12.5 Å². The number of ether oxygens (including phenoxy) is 1. The zero-order chi connectivity index (χ0) is 13.9. The smallest absolute Gasteiger partial charge is 0.302 e. The average molecular weight is 260 g/mol. The Morgan fingerprint density at radius 1 is 1.11 bits per heavy atom. The van der Waals surface area contributed by atoms with Crippen molar-refractivity contribution in [1.82, 2.24) is 0 Å². The molecule has 3 heteroatoms. The van der Waals surface area contributed by atoms with Crippen LogP contribution in [0, 0.1) is 0 Å². The summed E-state index contributed by atoms with van der Waals surface area (Å²) in [6.07, 6.45) is 7.28. The lowest BCUT2D eigenvalue weighted by atomic mass is 10.1. The van der Waals surface area contributed by atoms with Crippen molar-refractivity contribution in [2.45, 2.75) is 32.6 Å². The molecule has 1 rings (SSSR count). The summed E-state index contributed by atoms with van der Waals surface area (Å²) >= 11 is 0. The van der Waals surface area contributed by atoms with Gasteiger partial charge in [-0.05, 0) is 31.8 Å². The minimum absolute atomic E-state index is 0.0421. The van der Waals surface area contributed by atoms with Gasteiger partial charge in [-0.1, -0.05) is 36.4 Å². The molecule has 0 heterocycles. The Kier molecular flexibility index (Phi) is 7.25. The molecule has 0 aliphatic heterocycles. The summed E-state index contributed by atoms with van der Waals surface area (Å²) in [7, 11) is 0. The molecule has 0 aliphatic rings. The lowest BCUT2D eigenvalue weighted by Crippen LogP contribution is -1.99. The summed E-state index contributed by atoms with van der Waals surface area (Å²) in [5.41, 5.74) is 0.716. The third-order valence-corrected chi connectivity index (χ3v) is 2.65. The van der Waals surface area contributed by atoms with Gasteiger partial charge in [0.1, 0.15) is 0 Å². The largest absolute Gasteiger partial charge is 0.466 e. The van der Waals surface area contributed by atoms with Crippen molar-refractivity contribution in [2.75, 3.05) is 6.61 Å². The molecule has 0 N–H and O–H groups in total. The van der Waals surface area contributed by atoms with Crippen LogP contribution in [0.3, 0.4) is 0 Å². The van der Waals surface area contributed by atoms with E-state index < -0.39 is 0 Å². The van der Waals surface area contributed by atoms with Crippen LogP contribution in [-0.2, 0) is 9.53 Å². The van der Waals surface area contributed by atoms with Gasteiger partial charge < -0.3 is 4.74 Å². The second-order valence-electron chi connectivity index (χ2n) is 4.32. The number of carbonyl (C=O) groups is 2. The van der Waals surface area contributed by atoms with Crippen LogP contribution < -0.4 is 0 Å². The maximum Gasteiger partial charge on any atom is 0.302 e. The molecule has 0 aliphatic carbocycles. The summed E-state index contributed by atoms with van der Waals surface area (Å²) in [5.74, 6) is -0.186. The van der Waals surface area contributed by atoms with E-state index in [4.69, 9.17) is 4.74 Å². The van der Waals surface area contributed by atoms with Gasteiger partial charge in [0.25, 0.3) is 0 Å². The number of ketones is 1. The lowest BCUT2D eigenvalue weighted by molar-refractivity contribution is -0.141. The first-order valence-corrected chi connectivity index (χ1v) is 6.59. The van der Waals surface area contributed by atoms with E-state index in [1.807, 2.05) is 36.4 Å². The van der Waals surface area contributed by atoms with Gasteiger partial charge in [-0.2, -0.15) is 0 Å². The Balaban J connectivity index is 2.11. The molecule has 0 radical (unpaired) electrons. The van der Waals surface area contributed by atoms with Crippen molar-refractivity contribution in [1.29, 1.82) is 0 Å². The van der Waals surface area contributed by atoms with Crippen molar-refractivity contribution in [3.8, 4) is 0 Å². The van der Waals surface area contributed by atoms with E-state index in [-0.39, 0.29) is 11.8 Å². The molecular weight excluding hydrogens is 240 g/mol. The van der Waals surface area contributed by atoms with E-state index in [2.05, 4.69) is 0 Å². The summed E-state index contributed by atoms with van der Waals surface area (Å²) in [6, 6.07) is 9.23. The standard InChI is InChI=1S/C16H20O3/c1-14(17)19-13-9-4-2-3-8-12-16(18)15-10-6-5-7-11-15/h5-8,10-12H,2-4,9,13H2,1H3/b12-8+. The third-order valence-electron chi connectivity index (χ3n) is 2.65. The zero-order valence-electron chi connectivity index (χ0n) is 11.3. The van der Waals surface area contributed by atoms with Crippen LogP contribution in [0.15, 0.2) is 42.5 Å². The van der Waals surface area contributed by atoms with E-state index in [0.29, 0.717) is 12.2 Å². The molecule has 0 bridgehead atoms. The minimum atomic E-state index is -0.228. The van der Waals surface area contributed by atoms with E-state index in [1.54, 1.807) is 6.08 Å². The van der Waals surface area contributed by atoms with Crippen LogP contribution in [0.2, 0.25) is 0 Å². The van der Waals surface area contributed by atoms with Crippen LogP contribution in [0.4, 0.5) is 0 Å². The molecule has 19 heavy (non-hydrogen) atoms. The maximum absolute atomic E-state index is 11.7. The first-order chi connectivity index (χ1) is 9.20. The second kappa shape index (κ2) is 9.09. The third kappa shape index (κ3) is 7.19. The van der Waals surface area contributed by atoms with Crippen LogP contribution >= 0.6 is 0 Å². The van der Waals surface area contributed by atoms with E-state index in [1.165, 1.54) is 6.92 Å². The molecule has 0 atom stereocenters. The lowest BCUT2D eigenvalue weighted by Gasteiger charge is -2.00. The highest BCUT2D eigenvalue weighted by molar-refractivity contribution is 6.04. The Hall–Kier alpha value is -1.90. The highest BCUT2D eigenvalue weighted by atomic mass is 16.5. The molecule has 0 saturated carbocycles. The van der Waals surface area contributed by atoms with Gasteiger partial charge in [0.05, 0.1) is 6.61 Å². The summed E-state index contributed by atoms with van der Waals surface area (Å²) < 4.78 is 4.83. The highest BCUT2D eigenvalue weighted by Crippen LogP contribution is 2.04. The quantitative estimate of drug-likeness (QED) is 0.311. The van der Waals surface area contributed by atoms with Gasteiger partial charge in [-0.3, -0.25) is 9.59 Å². The zero-order valence-corrected chi connectivity index (χ0v) is 11.3. The predicted octanol–water partition coefficient (Wildman–Crippen LogP) is 3.55. The Morgan fingerprint density at radius 2 is 1.84 bits per heavy atom. The van der Waals surface area contributed by atoms with Crippen LogP contribution in [0.1, 0.15) is 43.0 Å². The number of hydrogen-bond acceptors (Lipinski definition) is 3. The normalized spacial score (nSPS) is 10.6. The molecular formula is C16H20O3. The van der Waals surface area contributed by atoms with Crippen molar-refractivity contribution in [3.05, 3.63) is 48.0 Å². The molecule has 1 aromatic carbocycles. The second-order valence-corrected chi connectivity index (χ2v) is 4.32. The van der Waals surface area contributed by atoms with Crippen LogP contribution in [0.25, 0.3) is 0 Å². The van der Waals surface area contributed by atoms with Gasteiger partial charge in [0.2, 0.25) is 0 Å². The summed E-state index contributed by atoms with van der Waals surface area (Å²) in [4.78, 5) is 22.2. The molecule has 1 aromatic rings. The average Bonchev–Trinajstić information content (AvgIpc) is 2.42. The van der Waals surface area contributed by atoms with Gasteiger partial charge in [-0.25, -0.2) is 0 Å². The number of benzene rings is 1. The summed E-state index contributed by atoms with van der Waals surface area (Å²) in [5, 5.41) is 0. The van der Waals surface area contributed by atoms with Gasteiger partial charge in [-0.15, -0.1) is 0 Å². The Labute approximate surface area is 114 Å². The van der Waals surface area contributed by atoms with Crippen LogP contribution in [0.5, 0.6) is 0 Å². The Morgan fingerprint density at radius 3 is 2.53 bits per heavy atom. The molecule has 0 amide bonds. The molecule has 102 valence electrons. The highest BCUT2D eigenvalue weighted by Gasteiger charge is 1.98. The number of allylic oxidation sites excluding steroid dienone is 2. The molecule has 0 saturated heterocycles. The number of hydrogen-bond donors (Lipinski definition) is 0. The Bertz CT molecular complexity index is 421. The topological polar surface area (TPSA) is 43.4 Å². The molecule has 0 aromatic heterocycles. The fourth-order valence-corrected chi connectivity index (χ4v) is 1.65. The van der Waals surface area contributed by atoms with E-state index in [9.17, 15) is 9.59 Å². The predicted molar refractivity (Wildman–Crippen MR) is 75.0 cm³/mol. The van der Waals surface area contributed by atoms with Crippen molar-refractivity contribution < 1.29 is 14.3 Å². The minimum Gasteiger partial charge on any atom is -0.466 e. The van der Waals surface area contributed by atoms with Crippen molar-refractivity contribution >= 4 is 11.8 Å². The molecule has 3 nitrogen and oxygen atoms in total. The van der Waals surface area contributed by atoms with Crippen molar-refractivity contribution in [2.24, 2.45) is 0 Å². The molecule has 0 unspecified atom stereocenters. The van der Waals surface area contributed by atoms with Gasteiger partial charge in [0.15, 0.2) is 5.78 Å². The van der Waals surface area contributed by atoms with Gasteiger partial charge >= 0.3 is 5.97 Å². The number of esters is 1. The molecule has 0 spiro atoms. The first kappa shape index (κ1) is 15.2. The van der Waals surface area contributed by atoms with E-state index in [0.717, 1.165) is 25.7 Å². The number of rotatable bonds is 8. The monoisotopic (exact) mass is 260 g/mol. The fraction of sp³-hybridized carbons (Fsp3) is 0.375. The SMILES string of the molecule is CC(=O)OCCCCC/C=C/C(=O)c1ccccc1. The van der Waals surface area contributed by atoms with E-state index >= 15 is 0 Å². The maximum atomic E-state index is 11.7. The number of unbranched alkanes of at least 4 members (excludes halogenated alkanes) is 3. The van der Waals surface area contributed by atoms with Crippen molar-refractivity contribution in [3.63, 3.8) is 0 Å².